The van der Waals surface area contributed by atoms with Crippen LogP contribution in [0.2, 0.25) is 0 Å². The Labute approximate surface area is 105 Å². The highest BCUT2D eigenvalue weighted by atomic mass is 19.1. The summed E-state index contributed by atoms with van der Waals surface area (Å²) >= 11 is 0. The van der Waals surface area contributed by atoms with Crippen LogP contribution in [0.1, 0.15) is 30.6 Å². The molecule has 4 nitrogen and oxygen atoms in total. The fourth-order valence-electron chi connectivity index (χ4n) is 1.52. The molecule has 0 radical (unpaired) electrons. The minimum atomic E-state index is -0.243. The third-order valence-electron chi connectivity index (χ3n) is 2.47. The van der Waals surface area contributed by atoms with E-state index in [2.05, 4.69) is 10.1 Å². The Morgan fingerprint density at radius 2 is 2.22 bits per heavy atom. The fourth-order valence-corrected chi connectivity index (χ4v) is 1.52. The second-order valence-corrected chi connectivity index (χ2v) is 4.05. The van der Waals surface area contributed by atoms with E-state index in [0.29, 0.717) is 23.0 Å². The van der Waals surface area contributed by atoms with Gasteiger partial charge in [-0.05, 0) is 37.1 Å². The average molecular weight is 250 g/mol. The molecule has 0 unspecified atom stereocenters. The number of aromatic nitrogens is 2. The minimum Gasteiger partial charge on any atom is -0.485 e. The summed E-state index contributed by atoms with van der Waals surface area (Å²) in [6.07, 6.45) is 1.72. The van der Waals surface area contributed by atoms with Gasteiger partial charge in [-0.25, -0.2) is 4.39 Å². The molecule has 1 aromatic carbocycles. The Kier molecular flexibility index (Phi) is 3.92. The molecule has 0 aliphatic rings. The summed E-state index contributed by atoms with van der Waals surface area (Å²) < 4.78 is 23.6. The first-order valence-corrected chi connectivity index (χ1v) is 5.89. The number of rotatable bonds is 5. The molecular formula is C13H15FN2O2. The van der Waals surface area contributed by atoms with E-state index >= 15 is 0 Å². The topological polar surface area (TPSA) is 48.2 Å². The third kappa shape index (κ3) is 3.06. The summed E-state index contributed by atoms with van der Waals surface area (Å²) in [4.78, 5) is 4.18. The first-order valence-electron chi connectivity index (χ1n) is 5.89. The van der Waals surface area contributed by atoms with Crippen LogP contribution in [0.15, 0.2) is 22.7 Å². The summed E-state index contributed by atoms with van der Waals surface area (Å²) in [6.45, 7) is 3.95. The fraction of sp³-hybridized carbons (Fsp3) is 0.385. The van der Waals surface area contributed by atoms with Crippen molar-refractivity contribution >= 4 is 0 Å². The number of ether oxygens (including phenoxy) is 1. The second-order valence-electron chi connectivity index (χ2n) is 4.05. The highest BCUT2D eigenvalue weighted by Crippen LogP contribution is 2.16. The van der Waals surface area contributed by atoms with Gasteiger partial charge in [0.25, 0.3) is 0 Å². The quantitative estimate of drug-likeness (QED) is 0.818. The molecule has 2 aromatic rings. The minimum absolute atomic E-state index is 0.221. The summed E-state index contributed by atoms with van der Waals surface area (Å²) in [6, 6.07) is 4.60. The molecule has 1 heterocycles. The van der Waals surface area contributed by atoms with E-state index < -0.39 is 0 Å². The first-order chi connectivity index (χ1) is 8.69. The van der Waals surface area contributed by atoms with Crippen molar-refractivity contribution in [2.75, 3.05) is 0 Å². The van der Waals surface area contributed by atoms with E-state index in [1.54, 1.807) is 19.1 Å². The Morgan fingerprint density at radius 3 is 2.94 bits per heavy atom. The molecule has 0 aliphatic carbocycles. The van der Waals surface area contributed by atoms with Gasteiger partial charge < -0.3 is 9.26 Å². The molecule has 1 aromatic heterocycles. The molecule has 0 spiro atoms. The molecule has 0 aliphatic heterocycles. The normalized spacial score (nSPS) is 10.6. The largest absolute Gasteiger partial charge is 0.485 e. The summed E-state index contributed by atoms with van der Waals surface area (Å²) in [5, 5.41) is 3.80. The van der Waals surface area contributed by atoms with Gasteiger partial charge in [0.15, 0.2) is 6.61 Å². The molecular weight excluding hydrogens is 235 g/mol. The van der Waals surface area contributed by atoms with Gasteiger partial charge in [0.2, 0.25) is 11.7 Å². The van der Waals surface area contributed by atoms with E-state index in [-0.39, 0.29) is 12.4 Å². The van der Waals surface area contributed by atoms with Crippen LogP contribution in [0.5, 0.6) is 5.75 Å². The Bertz CT molecular complexity index is 525. The monoisotopic (exact) mass is 250 g/mol. The lowest BCUT2D eigenvalue weighted by Gasteiger charge is -2.04. The van der Waals surface area contributed by atoms with E-state index in [0.717, 1.165) is 12.8 Å². The predicted molar refractivity (Wildman–Crippen MR) is 63.8 cm³/mol. The van der Waals surface area contributed by atoms with Gasteiger partial charge in [-0.3, -0.25) is 0 Å². The van der Waals surface area contributed by atoms with Gasteiger partial charge in [-0.15, -0.1) is 0 Å². The molecule has 0 saturated heterocycles. The van der Waals surface area contributed by atoms with Crippen LogP contribution in [-0.2, 0) is 13.0 Å². The number of halogens is 1. The Morgan fingerprint density at radius 1 is 1.39 bits per heavy atom. The van der Waals surface area contributed by atoms with Crippen molar-refractivity contribution in [3.63, 3.8) is 0 Å². The van der Waals surface area contributed by atoms with Crippen LogP contribution in [-0.4, -0.2) is 10.1 Å². The molecule has 0 amide bonds. The zero-order valence-electron chi connectivity index (χ0n) is 10.4. The predicted octanol–water partition coefficient (Wildman–Crippen LogP) is 3.05. The maximum absolute atomic E-state index is 13.1. The maximum Gasteiger partial charge on any atom is 0.226 e. The van der Waals surface area contributed by atoms with E-state index in [9.17, 15) is 4.39 Å². The lowest BCUT2D eigenvalue weighted by molar-refractivity contribution is 0.284. The van der Waals surface area contributed by atoms with Crippen LogP contribution in [0.4, 0.5) is 4.39 Å². The smallest absolute Gasteiger partial charge is 0.226 e. The number of nitrogens with zero attached hydrogens (tertiary/aromatic N) is 2. The van der Waals surface area contributed by atoms with E-state index in [1.807, 2.05) is 6.92 Å². The molecule has 0 fully saturated rings. The lowest BCUT2D eigenvalue weighted by atomic mass is 10.2. The molecule has 18 heavy (non-hydrogen) atoms. The van der Waals surface area contributed by atoms with Gasteiger partial charge in [-0.2, -0.15) is 4.98 Å². The highest BCUT2D eigenvalue weighted by molar-refractivity contribution is 5.28. The SMILES string of the molecule is CCCc1nc(COc2ccc(F)c(C)c2)no1. The Balaban J connectivity index is 1.95. The van der Waals surface area contributed by atoms with Crippen molar-refractivity contribution in [1.82, 2.24) is 10.1 Å². The molecule has 0 bridgehead atoms. The van der Waals surface area contributed by atoms with Crippen molar-refractivity contribution in [1.29, 1.82) is 0 Å². The highest BCUT2D eigenvalue weighted by Gasteiger charge is 2.06. The summed E-state index contributed by atoms with van der Waals surface area (Å²) in [5.74, 6) is 1.47. The van der Waals surface area contributed by atoms with Gasteiger partial charge >= 0.3 is 0 Å². The zero-order valence-corrected chi connectivity index (χ0v) is 10.4. The molecule has 0 N–H and O–H groups in total. The van der Waals surface area contributed by atoms with Crippen LogP contribution < -0.4 is 4.74 Å². The van der Waals surface area contributed by atoms with Crippen molar-refractivity contribution in [2.45, 2.75) is 33.3 Å². The van der Waals surface area contributed by atoms with Crippen molar-refractivity contribution in [3.05, 3.63) is 41.3 Å². The Hall–Kier alpha value is -1.91. The molecule has 2 rings (SSSR count). The average Bonchev–Trinajstić information content (AvgIpc) is 2.79. The summed E-state index contributed by atoms with van der Waals surface area (Å²) in [5.41, 5.74) is 0.548. The van der Waals surface area contributed by atoms with Crippen molar-refractivity contribution in [3.8, 4) is 5.75 Å². The number of aryl methyl sites for hydroxylation is 2. The number of hydrogen-bond donors (Lipinski definition) is 0. The van der Waals surface area contributed by atoms with Crippen molar-refractivity contribution in [2.24, 2.45) is 0 Å². The summed E-state index contributed by atoms with van der Waals surface area (Å²) in [7, 11) is 0. The molecule has 5 heteroatoms. The first kappa shape index (κ1) is 12.5. The van der Waals surface area contributed by atoms with Crippen LogP contribution >= 0.6 is 0 Å². The molecule has 0 saturated carbocycles. The van der Waals surface area contributed by atoms with Gasteiger partial charge in [-0.1, -0.05) is 12.1 Å². The van der Waals surface area contributed by atoms with Crippen molar-refractivity contribution < 1.29 is 13.7 Å². The molecule has 96 valence electrons. The van der Waals surface area contributed by atoms with Gasteiger partial charge in [0, 0.05) is 6.42 Å². The second kappa shape index (κ2) is 5.62. The number of hydrogen-bond acceptors (Lipinski definition) is 4. The van der Waals surface area contributed by atoms with Crippen LogP contribution in [0.3, 0.4) is 0 Å². The zero-order chi connectivity index (χ0) is 13.0. The maximum atomic E-state index is 13.1. The third-order valence-corrected chi connectivity index (χ3v) is 2.47. The van der Waals surface area contributed by atoms with E-state index in [1.165, 1.54) is 6.07 Å². The van der Waals surface area contributed by atoms with E-state index in [4.69, 9.17) is 9.26 Å². The lowest BCUT2D eigenvalue weighted by Crippen LogP contribution is -1.98. The number of benzene rings is 1. The van der Waals surface area contributed by atoms with Crippen LogP contribution in [0, 0.1) is 12.7 Å². The standard InChI is InChI=1S/C13H15FN2O2/c1-3-4-13-15-12(16-18-13)8-17-10-5-6-11(14)9(2)7-10/h5-7H,3-4,8H2,1-2H3. The van der Waals surface area contributed by atoms with Crippen LogP contribution in [0.25, 0.3) is 0 Å². The molecule has 0 atom stereocenters. The van der Waals surface area contributed by atoms with Gasteiger partial charge in [0.05, 0.1) is 0 Å². The van der Waals surface area contributed by atoms with Gasteiger partial charge in [0.1, 0.15) is 11.6 Å².